The highest BCUT2D eigenvalue weighted by molar-refractivity contribution is 7.13. The van der Waals surface area contributed by atoms with Crippen LogP contribution in [0.2, 0.25) is 0 Å². The van der Waals surface area contributed by atoms with E-state index in [0.29, 0.717) is 10.7 Å². The van der Waals surface area contributed by atoms with Crippen LogP contribution in [0.15, 0.2) is 30.3 Å². The molecule has 2 rings (SSSR count). The van der Waals surface area contributed by atoms with E-state index >= 15 is 0 Å². The number of rotatable bonds is 6. The Morgan fingerprint density at radius 1 is 1.30 bits per heavy atom. The number of hydrogen-bond acceptors (Lipinski definition) is 5. The highest BCUT2D eigenvalue weighted by Crippen LogP contribution is 2.25. The number of methoxy groups -OCH3 is 1. The van der Waals surface area contributed by atoms with Crippen molar-refractivity contribution in [2.45, 2.75) is 26.0 Å². The lowest BCUT2D eigenvalue weighted by Crippen LogP contribution is -2.32. The molecule has 0 aliphatic rings. The highest BCUT2D eigenvalue weighted by Gasteiger charge is 2.24. The largest absolute Gasteiger partial charge is 0.477 e. The van der Waals surface area contributed by atoms with Gasteiger partial charge in [-0.05, 0) is 19.4 Å². The number of hydrogen-bond donors (Lipinski definition) is 2. The SMILES string of the molecule is COC(C(=O)NC(C)c1nc(C)c(C(=O)O)s1)c1ccccc1. The number of aryl methyl sites for hydroxylation is 1. The van der Waals surface area contributed by atoms with Crippen molar-refractivity contribution in [3.05, 3.63) is 51.5 Å². The first kappa shape index (κ1) is 17.1. The first-order chi connectivity index (χ1) is 10.9. The van der Waals surface area contributed by atoms with Gasteiger partial charge in [0.2, 0.25) is 0 Å². The maximum atomic E-state index is 12.4. The molecule has 23 heavy (non-hydrogen) atoms. The molecule has 122 valence electrons. The first-order valence-electron chi connectivity index (χ1n) is 7.02. The molecule has 2 atom stereocenters. The zero-order valence-corrected chi connectivity index (χ0v) is 13.9. The molecular weight excluding hydrogens is 316 g/mol. The third-order valence-corrected chi connectivity index (χ3v) is 4.64. The number of carboxylic acid groups (broad SMARTS) is 1. The summed E-state index contributed by atoms with van der Waals surface area (Å²) < 4.78 is 5.28. The number of carbonyl (C=O) groups excluding carboxylic acids is 1. The number of nitrogens with zero attached hydrogens (tertiary/aromatic N) is 1. The number of aromatic nitrogens is 1. The van der Waals surface area contributed by atoms with Crippen LogP contribution in [0.3, 0.4) is 0 Å². The number of carboxylic acids is 1. The molecule has 1 aromatic carbocycles. The number of ether oxygens (including phenoxy) is 1. The van der Waals surface area contributed by atoms with Gasteiger partial charge in [-0.1, -0.05) is 30.3 Å². The number of amides is 1. The smallest absolute Gasteiger partial charge is 0.347 e. The molecule has 0 bridgehead atoms. The molecule has 0 saturated heterocycles. The molecule has 1 aromatic heterocycles. The summed E-state index contributed by atoms with van der Waals surface area (Å²) in [6.45, 7) is 3.40. The second-order valence-electron chi connectivity index (χ2n) is 5.03. The minimum absolute atomic E-state index is 0.187. The quantitative estimate of drug-likeness (QED) is 0.848. The van der Waals surface area contributed by atoms with Crippen LogP contribution < -0.4 is 5.32 Å². The second kappa shape index (κ2) is 7.34. The summed E-state index contributed by atoms with van der Waals surface area (Å²) in [7, 11) is 1.47. The van der Waals surface area contributed by atoms with E-state index in [-0.39, 0.29) is 10.8 Å². The van der Waals surface area contributed by atoms with Crippen molar-refractivity contribution in [2.24, 2.45) is 0 Å². The fraction of sp³-hybridized carbons (Fsp3) is 0.312. The number of benzene rings is 1. The molecule has 0 saturated carbocycles. The molecular formula is C16H18N2O4S. The van der Waals surface area contributed by atoms with Gasteiger partial charge in [-0.2, -0.15) is 0 Å². The minimum atomic E-state index is -1.01. The van der Waals surface area contributed by atoms with E-state index in [1.807, 2.05) is 30.3 Å². The van der Waals surface area contributed by atoms with Crippen molar-refractivity contribution in [2.75, 3.05) is 7.11 Å². The Morgan fingerprint density at radius 3 is 2.48 bits per heavy atom. The van der Waals surface area contributed by atoms with Crippen LogP contribution in [0.4, 0.5) is 0 Å². The van der Waals surface area contributed by atoms with Crippen LogP contribution in [0, 0.1) is 6.92 Å². The normalized spacial score (nSPS) is 13.3. The Hall–Kier alpha value is -2.25. The lowest BCUT2D eigenvalue weighted by molar-refractivity contribution is -0.132. The molecule has 2 unspecified atom stereocenters. The molecule has 7 heteroatoms. The molecule has 2 N–H and O–H groups in total. The molecule has 6 nitrogen and oxygen atoms in total. The van der Waals surface area contributed by atoms with E-state index in [2.05, 4.69) is 10.3 Å². The maximum Gasteiger partial charge on any atom is 0.347 e. The summed E-state index contributed by atoms with van der Waals surface area (Å²) >= 11 is 1.07. The first-order valence-corrected chi connectivity index (χ1v) is 7.84. The molecule has 0 aliphatic carbocycles. The maximum absolute atomic E-state index is 12.4. The molecule has 0 radical (unpaired) electrons. The van der Waals surface area contributed by atoms with Crippen molar-refractivity contribution in [1.29, 1.82) is 0 Å². The van der Waals surface area contributed by atoms with Crippen LogP contribution in [-0.4, -0.2) is 29.1 Å². The highest BCUT2D eigenvalue weighted by atomic mass is 32.1. The number of thiazole rings is 1. The number of carbonyl (C=O) groups is 2. The molecule has 0 aliphatic heterocycles. The summed E-state index contributed by atoms with van der Waals surface area (Å²) in [6, 6.07) is 8.76. The van der Waals surface area contributed by atoms with Crippen molar-refractivity contribution in [1.82, 2.24) is 10.3 Å². The van der Waals surface area contributed by atoms with E-state index in [9.17, 15) is 9.59 Å². The second-order valence-corrected chi connectivity index (χ2v) is 6.06. The van der Waals surface area contributed by atoms with E-state index in [1.54, 1.807) is 13.8 Å². The van der Waals surface area contributed by atoms with Gasteiger partial charge in [-0.25, -0.2) is 9.78 Å². The minimum Gasteiger partial charge on any atom is -0.477 e. The van der Waals surface area contributed by atoms with E-state index in [4.69, 9.17) is 9.84 Å². The molecule has 2 aromatic rings. The van der Waals surface area contributed by atoms with E-state index in [1.165, 1.54) is 7.11 Å². The Morgan fingerprint density at radius 2 is 1.96 bits per heavy atom. The zero-order valence-electron chi connectivity index (χ0n) is 13.1. The monoisotopic (exact) mass is 334 g/mol. The van der Waals surface area contributed by atoms with Gasteiger partial charge in [0.05, 0.1) is 11.7 Å². The van der Waals surface area contributed by atoms with Crippen molar-refractivity contribution in [3.8, 4) is 0 Å². The van der Waals surface area contributed by atoms with Crippen molar-refractivity contribution >= 4 is 23.2 Å². The van der Waals surface area contributed by atoms with Gasteiger partial charge in [0.1, 0.15) is 9.88 Å². The third-order valence-electron chi connectivity index (χ3n) is 3.31. The fourth-order valence-corrected chi connectivity index (χ4v) is 3.08. The van der Waals surface area contributed by atoms with Gasteiger partial charge in [0, 0.05) is 7.11 Å². The average molecular weight is 334 g/mol. The number of aromatic carboxylic acids is 1. The van der Waals surface area contributed by atoms with Crippen LogP contribution in [0.5, 0.6) is 0 Å². The van der Waals surface area contributed by atoms with Crippen LogP contribution in [0.1, 0.15) is 45.0 Å². The Bertz CT molecular complexity index is 699. The fourth-order valence-electron chi connectivity index (χ4n) is 2.17. The van der Waals surface area contributed by atoms with Gasteiger partial charge in [-0.3, -0.25) is 4.79 Å². The third kappa shape index (κ3) is 3.94. The lowest BCUT2D eigenvalue weighted by Gasteiger charge is -2.18. The molecule has 0 spiro atoms. The number of nitrogens with one attached hydrogen (secondary N) is 1. The van der Waals surface area contributed by atoms with Crippen molar-refractivity contribution < 1.29 is 19.4 Å². The van der Waals surface area contributed by atoms with Gasteiger partial charge >= 0.3 is 5.97 Å². The summed E-state index contributed by atoms with van der Waals surface area (Å²) in [6.07, 6.45) is -0.723. The Kier molecular flexibility index (Phi) is 5.46. The summed E-state index contributed by atoms with van der Waals surface area (Å²) in [5, 5.41) is 12.4. The molecule has 0 fully saturated rings. The van der Waals surface area contributed by atoms with Gasteiger partial charge < -0.3 is 15.2 Å². The Balaban J connectivity index is 2.12. The van der Waals surface area contributed by atoms with Gasteiger partial charge in [0.25, 0.3) is 5.91 Å². The van der Waals surface area contributed by atoms with Crippen LogP contribution >= 0.6 is 11.3 Å². The van der Waals surface area contributed by atoms with Crippen LogP contribution in [0.25, 0.3) is 0 Å². The average Bonchev–Trinajstić information content (AvgIpc) is 2.91. The van der Waals surface area contributed by atoms with E-state index in [0.717, 1.165) is 16.9 Å². The lowest BCUT2D eigenvalue weighted by atomic mass is 10.1. The summed E-state index contributed by atoms with van der Waals surface area (Å²) in [5.74, 6) is -1.31. The standard InChI is InChI=1S/C16H18N2O4S/c1-9-13(16(20)21)23-15(18-9)10(2)17-14(19)12(22-3)11-7-5-4-6-8-11/h4-8,10,12H,1-3H3,(H,17,19)(H,20,21). The summed E-state index contributed by atoms with van der Waals surface area (Å²) in [5.41, 5.74) is 1.20. The predicted octanol–water partition coefficient (Wildman–Crippen LogP) is 2.71. The topological polar surface area (TPSA) is 88.5 Å². The van der Waals surface area contributed by atoms with E-state index < -0.39 is 18.1 Å². The zero-order chi connectivity index (χ0) is 17.0. The molecule has 1 amide bonds. The van der Waals surface area contributed by atoms with Crippen LogP contribution in [-0.2, 0) is 9.53 Å². The van der Waals surface area contributed by atoms with Gasteiger partial charge in [-0.15, -0.1) is 11.3 Å². The summed E-state index contributed by atoms with van der Waals surface area (Å²) in [4.78, 5) is 27.9. The predicted molar refractivity (Wildman–Crippen MR) is 86.6 cm³/mol. The van der Waals surface area contributed by atoms with Crippen molar-refractivity contribution in [3.63, 3.8) is 0 Å². The Labute approximate surface area is 138 Å². The van der Waals surface area contributed by atoms with Gasteiger partial charge in [0.15, 0.2) is 6.10 Å². The molecule has 1 heterocycles.